The van der Waals surface area contributed by atoms with E-state index in [0.717, 1.165) is 0 Å². The number of carbonyl (C=O) groups is 1. The number of ether oxygens (including phenoxy) is 2. The van der Waals surface area contributed by atoms with Gasteiger partial charge in [-0.2, -0.15) is 0 Å². The largest absolute Gasteiger partial charge is 0.466 e. The molecule has 5 heteroatoms. The van der Waals surface area contributed by atoms with E-state index < -0.39 is 11.6 Å². The fourth-order valence-corrected chi connectivity index (χ4v) is 3.12. The van der Waals surface area contributed by atoms with Crippen LogP contribution < -0.4 is 4.74 Å². The van der Waals surface area contributed by atoms with Crippen molar-refractivity contribution < 1.29 is 23.8 Å². The second kappa shape index (κ2) is 9.34. The normalized spacial score (nSPS) is 12.8. The zero-order chi connectivity index (χ0) is 20.7. The van der Waals surface area contributed by atoms with Gasteiger partial charge in [-0.3, -0.25) is 4.79 Å². The molecule has 0 saturated heterocycles. The van der Waals surface area contributed by atoms with Gasteiger partial charge in [-0.05, 0) is 54.4 Å². The number of hydrogen-bond donors (Lipinski definition) is 1. The van der Waals surface area contributed by atoms with Crippen LogP contribution in [0, 0.1) is 5.82 Å². The van der Waals surface area contributed by atoms with Gasteiger partial charge in [0, 0.05) is 6.42 Å². The third kappa shape index (κ3) is 5.65. The molecule has 0 aliphatic heterocycles. The smallest absolute Gasteiger partial charge is 0.309 e. The molecule has 0 aliphatic rings. The van der Waals surface area contributed by atoms with Gasteiger partial charge in [0.25, 0.3) is 0 Å². The van der Waals surface area contributed by atoms with Crippen LogP contribution in [-0.4, -0.2) is 17.7 Å². The van der Waals surface area contributed by atoms with Crippen LogP contribution in [0.5, 0.6) is 11.5 Å². The van der Waals surface area contributed by atoms with E-state index in [1.54, 1.807) is 43.3 Å². The predicted octanol–water partition coefficient (Wildman–Crippen LogP) is 5.00. The van der Waals surface area contributed by atoms with Crippen molar-refractivity contribution in [1.82, 2.24) is 0 Å². The van der Waals surface area contributed by atoms with Crippen molar-refractivity contribution in [2.75, 3.05) is 6.61 Å². The molecular formula is C24H23FO4. The number of rotatable bonds is 8. The topological polar surface area (TPSA) is 55.8 Å². The van der Waals surface area contributed by atoms with Crippen molar-refractivity contribution in [1.29, 1.82) is 0 Å². The molecule has 0 aliphatic carbocycles. The number of para-hydroxylation sites is 1. The van der Waals surface area contributed by atoms with Crippen LogP contribution in [0.2, 0.25) is 0 Å². The van der Waals surface area contributed by atoms with E-state index in [1.807, 2.05) is 30.3 Å². The summed E-state index contributed by atoms with van der Waals surface area (Å²) in [7, 11) is 0. The lowest BCUT2D eigenvalue weighted by Gasteiger charge is -2.28. The number of hydrogen-bond acceptors (Lipinski definition) is 4. The molecule has 1 unspecified atom stereocenters. The molecule has 3 aromatic rings. The fourth-order valence-electron chi connectivity index (χ4n) is 3.12. The first-order chi connectivity index (χ1) is 14.0. The maximum absolute atomic E-state index is 13.2. The van der Waals surface area contributed by atoms with Crippen molar-refractivity contribution in [2.45, 2.75) is 25.4 Å². The molecule has 150 valence electrons. The summed E-state index contributed by atoms with van der Waals surface area (Å²) in [6.07, 6.45) is -0.0674. The maximum atomic E-state index is 13.2. The van der Waals surface area contributed by atoms with E-state index in [1.165, 1.54) is 12.1 Å². The summed E-state index contributed by atoms with van der Waals surface area (Å²) in [6.45, 7) is 1.95. The Labute approximate surface area is 169 Å². The first-order valence-corrected chi connectivity index (χ1v) is 9.44. The van der Waals surface area contributed by atoms with E-state index in [9.17, 15) is 14.3 Å². The van der Waals surface area contributed by atoms with Gasteiger partial charge >= 0.3 is 5.97 Å². The summed E-state index contributed by atoms with van der Waals surface area (Å²) in [4.78, 5) is 12.1. The average Bonchev–Trinajstić information content (AvgIpc) is 2.71. The molecule has 0 amide bonds. The second-order valence-electron chi connectivity index (χ2n) is 6.76. The lowest BCUT2D eigenvalue weighted by atomic mass is 9.84. The van der Waals surface area contributed by atoms with Gasteiger partial charge < -0.3 is 14.6 Å². The van der Waals surface area contributed by atoms with E-state index in [-0.39, 0.29) is 25.3 Å². The Morgan fingerprint density at radius 2 is 1.55 bits per heavy atom. The van der Waals surface area contributed by atoms with Gasteiger partial charge in [0.05, 0.1) is 13.0 Å². The minimum absolute atomic E-state index is 0.144. The molecule has 3 aromatic carbocycles. The van der Waals surface area contributed by atoms with E-state index >= 15 is 0 Å². The first kappa shape index (κ1) is 20.6. The van der Waals surface area contributed by atoms with Crippen LogP contribution in [0.1, 0.15) is 24.5 Å². The number of halogens is 1. The lowest BCUT2D eigenvalue weighted by Crippen LogP contribution is -2.32. The summed E-state index contributed by atoms with van der Waals surface area (Å²) in [6, 6.07) is 22.1. The Balaban J connectivity index is 1.84. The molecule has 3 rings (SSSR count). The van der Waals surface area contributed by atoms with Gasteiger partial charge in [0.1, 0.15) is 22.9 Å². The summed E-state index contributed by atoms with van der Waals surface area (Å²) >= 11 is 0. The standard InChI is InChI=1S/C24H23FO4/c1-2-28-23(26)17-24(27,16-18-8-12-20(25)13-9-18)19-10-14-22(15-11-19)29-21-6-4-3-5-7-21/h3-15,27H,2,16-17H2,1H3. The van der Waals surface area contributed by atoms with Crippen LogP contribution in [0.15, 0.2) is 78.9 Å². The van der Waals surface area contributed by atoms with Crippen molar-refractivity contribution in [2.24, 2.45) is 0 Å². The third-order valence-electron chi connectivity index (χ3n) is 4.52. The van der Waals surface area contributed by atoms with Crippen molar-refractivity contribution in [3.63, 3.8) is 0 Å². The number of benzene rings is 3. The minimum Gasteiger partial charge on any atom is -0.466 e. The maximum Gasteiger partial charge on any atom is 0.309 e. The van der Waals surface area contributed by atoms with Gasteiger partial charge in [-0.25, -0.2) is 4.39 Å². The number of aliphatic hydroxyl groups is 1. The predicted molar refractivity (Wildman–Crippen MR) is 108 cm³/mol. The van der Waals surface area contributed by atoms with Gasteiger partial charge in [0.2, 0.25) is 0 Å². The summed E-state index contributed by atoms with van der Waals surface area (Å²) < 4.78 is 24.0. The Bertz CT molecular complexity index is 923. The highest BCUT2D eigenvalue weighted by atomic mass is 19.1. The Morgan fingerprint density at radius 1 is 0.931 bits per heavy atom. The van der Waals surface area contributed by atoms with Crippen molar-refractivity contribution in [3.05, 3.63) is 95.8 Å². The van der Waals surface area contributed by atoms with Crippen molar-refractivity contribution >= 4 is 5.97 Å². The van der Waals surface area contributed by atoms with Gasteiger partial charge in [0.15, 0.2) is 0 Å². The Morgan fingerprint density at radius 3 is 2.17 bits per heavy atom. The van der Waals surface area contributed by atoms with E-state index in [2.05, 4.69) is 0 Å². The number of esters is 1. The molecule has 1 N–H and O–H groups in total. The molecule has 4 nitrogen and oxygen atoms in total. The summed E-state index contributed by atoms with van der Waals surface area (Å²) in [5, 5.41) is 11.3. The Kier molecular flexibility index (Phi) is 6.62. The van der Waals surface area contributed by atoms with Crippen LogP contribution >= 0.6 is 0 Å². The fraction of sp³-hybridized carbons (Fsp3) is 0.208. The van der Waals surface area contributed by atoms with Gasteiger partial charge in [-0.15, -0.1) is 0 Å². The molecular weight excluding hydrogens is 371 g/mol. The quantitative estimate of drug-likeness (QED) is 0.546. The molecule has 0 bridgehead atoms. The van der Waals surface area contributed by atoms with Crippen LogP contribution in [0.3, 0.4) is 0 Å². The summed E-state index contributed by atoms with van der Waals surface area (Å²) in [5.74, 6) is 0.459. The highest BCUT2D eigenvalue weighted by Crippen LogP contribution is 2.32. The average molecular weight is 394 g/mol. The third-order valence-corrected chi connectivity index (χ3v) is 4.52. The molecule has 0 heterocycles. The minimum atomic E-state index is -1.49. The SMILES string of the molecule is CCOC(=O)CC(O)(Cc1ccc(F)cc1)c1ccc(Oc2ccccc2)cc1. The second-order valence-corrected chi connectivity index (χ2v) is 6.76. The highest BCUT2D eigenvalue weighted by molar-refractivity contribution is 5.71. The molecule has 29 heavy (non-hydrogen) atoms. The van der Waals surface area contributed by atoms with Crippen molar-refractivity contribution in [3.8, 4) is 11.5 Å². The highest BCUT2D eigenvalue weighted by Gasteiger charge is 2.33. The molecule has 0 radical (unpaired) electrons. The molecule has 0 spiro atoms. The zero-order valence-corrected chi connectivity index (χ0v) is 16.2. The number of carbonyl (C=O) groups excluding carboxylic acids is 1. The van der Waals surface area contributed by atoms with Crippen LogP contribution in [-0.2, 0) is 21.6 Å². The molecule has 0 fully saturated rings. The van der Waals surface area contributed by atoms with Gasteiger partial charge in [-0.1, -0.05) is 42.5 Å². The van der Waals surface area contributed by atoms with E-state index in [0.29, 0.717) is 22.6 Å². The molecule has 1 atom stereocenters. The summed E-state index contributed by atoms with van der Waals surface area (Å²) in [5.41, 5.74) is -0.229. The Hall–Kier alpha value is -3.18. The first-order valence-electron chi connectivity index (χ1n) is 9.44. The lowest BCUT2D eigenvalue weighted by molar-refractivity contribution is -0.149. The monoisotopic (exact) mass is 394 g/mol. The molecule has 0 aromatic heterocycles. The zero-order valence-electron chi connectivity index (χ0n) is 16.2. The van der Waals surface area contributed by atoms with Crippen LogP contribution in [0.4, 0.5) is 4.39 Å². The van der Waals surface area contributed by atoms with Crippen LogP contribution in [0.25, 0.3) is 0 Å². The van der Waals surface area contributed by atoms with E-state index in [4.69, 9.17) is 9.47 Å². The molecule has 0 saturated carbocycles.